The quantitative estimate of drug-likeness (QED) is 0.818. The third kappa shape index (κ3) is 4.99. The standard InChI is InChI=1S/C16H26N4O/c1-3-12(2)19-15(21)13-10-17-16(18-11-13)20-14-8-6-4-5-7-9-14/h10-12,14H,3-9H2,1-2H3,(H,19,21)(H,17,18,20). The van der Waals surface area contributed by atoms with Gasteiger partial charge in [-0.1, -0.05) is 32.6 Å². The lowest BCUT2D eigenvalue weighted by Gasteiger charge is -2.16. The lowest BCUT2D eigenvalue weighted by atomic mass is 10.1. The first-order valence-corrected chi connectivity index (χ1v) is 8.08. The fraction of sp³-hybridized carbons (Fsp3) is 0.688. The van der Waals surface area contributed by atoms with Crippen LogP contribution in [-0.2, 0) is 0 Å². The molecule has 0 spiro atoms. The molecule has 1 aromatic heterocycles. The van der Waals surface area contributed by atoms with Crippen LogP contribution in [0, 0.1) is 0 Å². The molecule has 1 atom stereocenters. The predicted molar refractivity (Wildman–Crippen MR) is 84.4 cm³/mol. The van der Waals surface area contributed by atoms with Crippen molar-refractivity contribution in [2.75, 3.05) is 5.32 Å². The summed E-state index contributed by atoms with van der Waals surface area (Å²) in [7, 11) is 0. The van der Waals surface area contributed by atoms with Gasteiger partial charge >= 0.3 is 0 Å². The topological polar surface area (TPSA) is 66.9 Å². The maximum Gasteiger partial charge on any atom is 0.254 e. The Hall–Kier alpha value is -1.65. The molecule has 0 radical (unpaired) electrons. The third-order valence-electron chi connectivity index (χ3n) is 4.09. The molecule has 1 aliphatic rings. The molecule has 1 saturated carbocycles. The van der Waals surface area contributed by atoms with Gasteiger partial charge in [-0.15, -0.1) is 0 Å². The summed E-state index contributed by atoms with van der Waals surface area (Å²) >= 11 is 0. The lowest BCUT2D eigenvalue weighted by molar-refractivity contribution is 0.0938. The Morgan fingerprint density at radius 3 is 2.43 bits per heavy atom. The van der Waals surface area contributed by atoms with Crippen molar-refractivity contribution in [1.29, 1.82) is 0 Å². The summed E-state index contributed by atoms with van der Waals surface area (Å²) in [5.74, 6) is 0.521. The smallest absolute Gasteiger partial charge is 0.254 e. The van der Waals surface area contributed by atoms with E-state index in [9.17, 15) is 4.79 Å². The van der Waals surface area contributed by atoms with Crippen molar-refractivity contribution < 1.29 is 4.79 Å². The van der Waals surface area contributed by atoms with Crippen molar-refractivity contribution in [2.24, 2.45) is 0 Å². The first-order valence-electron chi connectivity index (χ1n) is 8.08. The van der Waals surface area contributed by atoms with Gasteiger partial charge in [0.2, 0.25) is 5.95 Å². The largest absolute Gasteiger partial charge is 0.351 e. The van der Waals surface area contributed by atoms with Gasteiger partial charge in [-0.05, 0) is 26.2 Å². The van der Waals surface area contributed by atoms with Crippen LogP contribution < -0.4 is 10.6 Å². The van der Waals surface area contributed by atoms with Gasteiger partial charge < -0.3 is 10.6 Å². The molecule has 2 N–H and O–H groups in total. The fourth-order valence-corrected chi connectivity index (χ4v) is 2.54. The highest BCUT2D eigenvalue weighted by Crippen LogP contribution is 2.19. The van der Waals surface area contributed by atoms with Crippen LogP contribution >= 0.6 is 0 Å². The van der Waals surface area contributed by atoms with Crippen LogP contribution in [0.25, 0.3) is 0 Å². The average Bonchev–Trinajstić information content (AvgIpc) is 2.76. The van der Waals surface area contributed by atoms with E-state index < -0.39 is 0 Å². The van der Waals surface area contributed by atoms with Crippen LogP contribution in [-0.4, -0.2) is 28.0 Å². The van der Waals surface area contributed by atoms with Crippen molar-refractivity contribution in [3.63, 3.8) is 0 Å². The summed E-state index contributed by atoms with van der Waals surface area (Å²) in [4.78, 5) is 20.5. The van der Waals surface area contributed by atoms with E-state index in [1.807, 2.05) is 13.8 Å². The van der Waals surface area contributed by atoms with E-state index in [-0.39, 0.29) is 11.9 Å². The number of nitrogens with zero attached hydrogens (tertiary/aromatic N) is 2. The van der Waals surface area contributed by atoms with Gasteiger partial charge in [0.1, 0.15) is 0 Å². The molecule has 2 rings (SSSR count). The highest BCUT2D eigenvalue weighted by atomic mass is 16.1. The number of hydrogen-bond donors (Lipinski definition) is 2. The van der Waals surface area contributed by atoms with E-state index in [1.54, 1.807) is 12.4 Å². The van der Waals surface area contributed by atoms with Crippen LogP contribution in [0.1, 0.15) is 69.2 Å². The summed E-state index contributed by atoms with van der Waals surface area (Å²) in [5.41, 5.74) is 0.515. The number of aromatic nitrogens is 2. The summed E-state index contributed by atoms with van der Waals surface area (Å²) in [6.07, 6.45) is 11.7. The summed E-state index contributed by atoms with van der Waals surface area (Å²) in [5, 5.41) is 6.30. The first kappa shape index (κ1) is 15.7. The third-order valence-corrected chi connectivity index (χ3v) is 4.09. The minimum Gasteiger partial charge on any atom is -0.351 e. The Bertz CT molecular complexity index is 438. The van der Waals surface area contributed by atoms with Gasteiger partial charge in [-0.25, -0.2) is 9.97 Å². The van der Waals surface area contributed by atoms with Crippen LogP contribution in [0.2, 0.25) is 0 Å². The molecule has 116 valence electrons. The molecular weight excluding hydrogens is 264 g/mol. The second-order valence-corrected chi connectivity index (χ2v) is 5.91. The van der Waals surface area contributed by atoms with Gasteiger partial charge in [0, 0.05) is 24.5 Å². The van der Waals surface area contributed by atoms with Crippen LogP contribution in [0.15, 0.2) is 12.4 Å². The van der Waals surface area contributed by atoms with E-state index in [2.05, 4.69) is 20.6 Å². The summed E-state index contributed by atoms with van der Waals surface area (Å²) in [6, 6.07) is 0.633. The zero-order valence-corrected chi connectivity index (χ0v) is 13.1. The minimum absolute atomic E-state index is 0.106. The maximum atomic E-state index is 11.9. The van der Waals surface area contributed by atoms with E-state index in [1.165, 1.54) is 38.5 Å². The number of amides is 1. The predicted octanol–water partition coefficient (Wildman–Crippen LogP) is 3.14. The molecule has 1 aliphatic carbocycles. The van der Waals surface area contributed by atoms with Gasteiger partial charge in [0.15, 0.2) is 0 Å². The van der Waals surface area contributed by atoms with Crippen LogP contribution in [0.5, 0.6) is 0 Å². The normalized spacial score (nSPS) is 17.8. The molecule has 1 aromatic rings. The molecule has 1 unspecified atom stereocenters. The van der Waals surface area contributed by atoms with Gasteiger partial charge in [-0.2, -0.15) is 0 Å². The van der Waals surface area contributed by atoms with Gasteiger partial charge in [0.25, 0.3) is 5.91 Å². The van der Waals surface area contributed by atoms with Crippen molar-refractivity contribution in [3.8, 4) is 0 Å². The molecule has 5 nitrogen and oxygen atoms in total. The molecular formula is C16H26N4O. The lowest BCUT2D eigenvalue weighted by Crippen LogP contribution is -2.32. The number of rotatable bonds is 5. The first-order chi connectivity index (χ1) is 10.2. The maximum absolute atomic E-state index is 11.9. The van der Waals surface area contributed by atoms with Crippen molar-refractivity contribution in [2.45, 2.75) is 70.9 Å². The Labute approximate surface area is 127 Å². The average molecular weight is 290 g/mol. The number of hydrogen-bond acceptors (Lipinski definition) is 4. The Morgan fingerprint density at radius 1 is 1.24 bits per heavy atom. The van der Waals surface area contributed by atoms with Crippen molar-refractivity contribution in [1.82, 2.24) is 15.3 Å². The zero-order chi connectivity index (χ0) is 15.1. The number of nitrogens with one attached hydrogen (secondary N) is 2. The zero-order valence-electron chi connectivity index (χ0n) is 13.1. The van der Waals surface area contributed by atoms with E-state index in [0.717, 1.165) is 6.42 Å². The molecule has 1 fully saturated rings. The van der Waals surface area contributed by atoms with Crippen molar-refractivity contribution >= 4 is 11.9 Å². The minimum atomic E-state index is -0.106. The molecule has 1 heterocycles. The van der Waals surface area contributed by atoms with Crippen LogP contribution in [0.4, 0.5) is 5.95 Å². The SMILES string of the molecule is CCC(C)NC(=O)c1cnc(NC2CCCCCC2)nc1. The van der Waals surface area contributed by atoms with E-state index >= 15 is 0 Å². The molecule has 0 aliphatic heterocycles. The Balaban J connectivity index is 1.90. The highest BCUT2D eigenvalue weighted by Gasteiger charge is 2.14. The second-order valence-electron chi connectivity index (χ2n) is 5.91. The Kier molecular flexibility index (Phi) is 5.96. The van der Waals surface area contributed by atoms with Crippen molar-refractivity contribution in [3.05, 3.63) is 18.0 Å². The number of anilines is 1. The fourth-order valence-electron chi connectivity index (χ4n) is 2.54. The molecule has 0 bridgehead atoms. The molecule has 5 heteroatoms. The highest BCUT2D eigenvalue weighted by molar-refractivity contribution is 5.93. The second kappa shape index (κ2) is 7.96. The van der Waals surface area contributed by atoms with Gasteiger partial charge in [-0.3, -0.25) is 4.79 Å². The molecule has 1 amide bonds. The molecule has 0 aromatic carbocycles. The Morgan fingerprint density at radius 2 is 1.86 bits per heavy atom. The van der Waals surface area contributed by atoms with E-state index in [0.29, 0.717) is 17.6 Å². The van der Waals surface area contributed by atoms with Crippen LogP contribution in [0.3, 0.4) is 0 Å². The van der Waals surface area contributed by atoms with Gasteiger partial charge in [0.05, 0.1) is 5.56 Å². The number of carbonyl (C=O) groups is 1. The molecule has 0 saturated heterocycles. The monoisotopic (exact) mass is 290 g/mol. The summed E-state index contributed by atoms with van der Waals surface area (Å²) in [6.45, 7) is 4.03. The molecule has 21 heavy (non-hydrogen) atoms. The van der Waals surface area contributed by atoms with E-state index in [4.69, 9.17) is 0 Å². The summed E-state index contributed by atoms with van der Waals surface area (Å²) < 4.78 is 0. The number of carbonyl (C=O) groups excluding carboxylic acids is 1.